The zero-order chi connectivity index (χ0) is 20.1. The quantitative estimate of drug-likeness (QED) is 0.586. The normalized spacial score (nSPS) is 11.0. The zero-order valence-electron chi connectivity index (χ0n) is 16.1. The van der Waals surface area contributed by atoms with Crippen molar-refractivity contribution in [2.24, 2.45) is 0 Å². The second-order valence-corrected chi connectivity index (χ2v) is 7.12. The summed E-state index contributed by atoms with van der Waals surface area (Å²) in [5.74, 6) is -0.789. The average molecular weight is 402 g/mol. The number of aryl methyl sites for hydroxylation is 1. The van der Waals surface area contributed by atoms with Crippen LogP contribution < -0.4 is 16.0 Å². The molecular weight excluding hydrogens is 378 g/mol. The van der Waals surface area contributed by atoms with Crippen LogP contribution in [0.5, 0.6) is 0 Å². The minimum Gasteiger partial charge on any atom is -0.408 e. The molecule has 0 unspecified atom stereocenters. The molecule has 0 saturated carbocycles. The van der Waals surface area contributed by atoms with E-state index >= 15 is 0 Å². The van der Waals surface area contributed by atoms with Gasteiger partial charge in [-0.2, -0.15) is 0 Å². The molecule has 0 saturated heterocycles. The molecular formula is C21H24ClN3O3. The molecule has 7 heteroatoms. The number of anilines is 1. The average Bonchev–Trinajstić information content (AvgIpc) is 2.96. The van der Waals surface area contributed by atoms with E-state index in [1.165, 1.54) is 15.8 Å². The van der Waals surface area contributed by atoms with Crippen molar-refractivity contribution in [1.82, 2.24) is 9.88 Å². The smallest absolute Gasteiger partial charge is 0.408 e. The lowest BCUT2D eigenvalue weighted by atomic mass is 10.2. The Hall–Kier alpha value is -2.73. The summed E-state index contributed by atoms with van der Waals surface area (Å²) in [6.07, 6.45) is 0.810. The number of hydrogen-bond acceptors (Lipinski definition) is 4. The van der Waals surface area contributed by atoms with Gasteiger partial charge in [0.1, 0.15) is 6.54 Å². The second-order valence-electron chi connectivity index (χ2n) is 6.69. The third kappa shape index (κ3) is 4.75. The molecule has 2 aromatic carbocycles. The Balaban J connectivity index is 1.52. The highest BCUT2D eigenvalue weighted by atomic mass is 35.5. The fourth-order valence-corrected chi connectivity index (χ4v) is 3.34. The van der Waals surface area contributed by atoms with Crippen molar-refractivity contribution in [1.29, 1.82) is 0 Å². The summed E-state index contributed by atoms with van der Waals surface area (Å²) in [5.41, 5.74) is 3.34. The number of rotatable bonds is 8. The van der Waals surface area contributed by atoms with Crippen LogP contribution in [0.15, 0.2) is 51.7 Å². The number of benzene rings is 2. The Bertz CT molecular complexity index is 1030. The molecule has 0 aliphatic carbocycles. The molecule has 3 aromatic rings. The lowest BCUT2D eigenvalue weighted by Crippen LogP contribution is -2.33. The molecule has 0 radical (unpaired) electrons. The van der Waals surface area contributed by atoms with Crippen LogP contribution in [0.25, 0.3) is 11.1 Å². The van der Waals surface area contributed by atoms with Crippen LogP contribution in [-0.4, -0.2) is 30.1 Å². The van der Waals surface area contributed by atoms with Gasteiger partial charge in [0.2, 0.25) is 5.91 Å². The molecule has 28 heavy (non-hydrogen) atoms. The van der Waals surface area contributed by atoms with Crippen molar-refractivity contribution < 1.29 is 9.21 Å². The van der Waals surface area contributed by atoms with Gasteiger partial charge in [0, 0.05) is 36.4 Å². The van der Waals surface area contributed by atoms with Gasteiger partial charge >= 0.3 is 5.76 Å². The molecule has 1 amide bonds. The van der Waals surface area contributed by atoms with E-state index in [0.717, 1.165) is 19.5 Å². The van der Waals surface area contributed by atoms with E-state index in [0.29, 0.717) is 22.7 Å². The van der Waals surface area contributed by atoms with E-state index in [1.807, 2.05) is 0 Å². The number of fused-ring (bicyclic) bond motifs is 1. The van der Waals surface area contributed by atoms with Gasteiger partial charge < -0.3 is 14.6 Å². The summed E-state index contributed by atoms with van der Waals surface area (Å²) in [6, 6.07) is 13.3. The number of nitrogens with zero attached hydrogens (tertiary/aromatic N) is 2. The Morgan fingerprint density at radius 3 is 2.82 bits per heavy atom. The summed E-state index contributed by atoms with van der Waals surface area (Å²) in [4.78, 5) is 26.5. The third-order valence-electron chi connectivity index (χ3n) is 4.61. The molecule has 148 valence electrons. The Morgan fingerprint density at radius 2 is 2.07 bits per heavy atom. The van der Waals surface area contributed by atoms with E-state index in [9.17, 15) is 9.59 Å². The van der Waals surface area contributed by atoms with Crippen molar-refractivity contribution >= 4 is 34.3 Å². The number of halogens is 1. The van der Waals surface area contributed by atoms with Crippen LogP contribution in [0.4, 0.5) is 5.69 Å². The SMILES string of the molecule is CCN(CCCNC(=O)Cn1c(=O)oc2cc(Cl)ccc21)c1cccc(C)c1. The predicted octanol–water partition coefficient (Wildman–Crippen LogP) is 3.59. The first-order valence-electron chi connectivity index (χ1n) is 9.35. The molecule has 0 atom stereocenters. The molecule has 1 N–H and O–H groups in total. The summed E-state index contributed by atoms with van der Waals surface area (Å²) in [7, 11) is 0. The molecule has 1 aromatic heterocycles. The van der Waals surface area contributed by atoms with Crippen molar-refractivity contribution in [3.05, 3.63) is 63.6 Å². The number of amides is 1. The number of aromatic nitrogens is 1. The van der Waals surface area contributed by atoms with Crippen LogP contribution in [0.3, 0.4) is 0 Å². The summed E-state index contributed by atoms with van der Waals surface area (Å²) in [5, 5.41) is 3.35. The van der Waals surface area contributed by atoms with Crippen molar-refractivity contribution in [3.63, 3.8) is 0 Å². The fourth-order valence-electron chi connectivity index (χ4n) is 3.18. The zero-order valence-corrected chi connectivity index (χ0v) is 16.8. The van der Waals surface area contributed by atoms with E-state index in [2.05, 4.69) is 48.3 Å². The standard InChI is InChI=1S/C21H24ClN3O3/c1-3-24(17-7-4-6-15(2)12-17)11-5-10-23-20(26)14-25-18-9-8-16(22)13-19(18)28-21(25)27/h4,6-9,12-13H,3,5,10-11,14H2,1-2H3,(H,23,26). The van der Waals surface area contributed by atoms with Crippen molar-refractivity contribution in [2.45, 2.75) is 26.8 Å². The highest BCUT2D eigenvalue weighted by Gasteiger charge is 2.13. The maximum Gasteiger partial charge on any atom is 0.420 e. The monoisotopic (exact) mass is 401 g/mol. The summed E-state index contributed by atoms with van der Waals surface area (Å²) >= 11 is 5.91. The van der Waals surface area contributed by atoms with E-state index in [-0.39, 0.29) is 12.5 Å². The summed E-state index contributed by atoms with van der Waals surface area (Å²) in [6.45, 7) is 6.39. The van der Waals surface area contributed by atoms with Gasteiger partial charge in [0.05, 0.1) is 5.52 Å². The number of carbonyl (C=O) groups excluding carboxylic acids is 1. The number of carbonyl (C=O) groups is 1. The van der Waals surface area contributed by atoms with Gasteiger partial charge in [-0.05, 0) is 50.1 Å². The number of hydrogen-bond donors (Lipinski definition) is 1. The lowest BCUT2D eigenvalue weighted by molar-refractivity contribution is -0.121. The molecule has 0 fully saturated rings. The molecule has 6 nitrogen and oxygen atoms in total. The second kappa shape index (κ2) is 8.97. The highest BCUT2D eigenvalue weighted by molar-refractivity contribution is 6.31. The molecule has 3 rings (SSSR count). The van der Waals surface area contributed by atoms with Gasteiger partial charge in [-0.3, -0.25) is 9.36 Å². The topological polar surface area (TPSA) is 67.5 Å². The predicted molar refractivity (Wildman–Crippen MR) is 112 cm³/mol. The van der Waals surface area contributed by atoms with E-state index in [1.54, 1.807) is 18.2 Å². The fraction of sp³-hybridized carbons (Fsp3) is 0.333. The van der Waals surface area contributed by atoms with Gasteiger partial charge in [0.15, 0.2) is 5.58 Å². The third-order valence-corrected chi connectivity index (χ3v) is 4.84. The van der Waals surface area contributed by atoms with Crippen molar-refractivity contribution in [3.8, 4) is 0 Å². The van der Waals surface area contributed by atoms with Crippen LogP contribution in [-0.2, 0) is 11.3 Å². The Morgan fingerprint density at radius 1 is 1.25 bits per heavy atom. The number of oxazole rings is 1. The lowest BCUT2D eigenvalue weighted by Gasteiger charge is -2.23. The first kappa shape index (κ1) is 20.0. The highest BCUT2D eigenvalue weighted by Crippen LogP contribution is 2.18. The van der Waals surface area contributed by atoms with E-state index in [4.69, 9.17) is 16.0 Å². The van der Waals surface area contributed by atoms with Crippen molar-refractivity contribution in [2.75, 3.05) is 24.5 Å². The maximum atomic E-state index is 12.2. The maximum absolute atomic E-state index is 12.2. The van der Waals surface area contributed by atoms with Gasteiger partial charge in [-0.1, -0.05) is 23.7 Å². The van der Waals surface area contributed by atoms with Gasteiger partial charge in [0.25, 0.3) is 0 Å². The Kier molecular flexibility index (Phi) is 6.41. The van der Waals surface area contributed by atoms with Gasteiger partial charge in [-0.25, -0.2) is 4.79 Å². The molecule has 0 bridgehead atoms. The van der Waals surface area contributed by atoms with E-state index < -0.39 is 5.76 Å². The Labute approximate surface area is 168 Å². The summed E-state index contributed by atoms with van der Waals surface area (Å²) < 4.78 is 6.46. The first-order valence-corrected chi connectivity index (χ1v) is 9.73. The van der Waals surface area contributed by atoms with Crippen LogP contribution in [0, 0.1) is 6.92 Å². The van der Waals surface area contributed by atoms with Crippen LogP contribution >= 0.6 is 11.6 Å². The largest absolute Gasteiger partial charge is 0.420 e. The minimum absolute atomic E-state index is 0.0805. The number of nitrogens with one attached hydrogen (secondary N) is 1. The van der Waals surface area contributed by atoms with Crippen LogP contribution in [0.2, 0.25) is 5.02 Å². The minimum atomic E-state index is -0.566. The first-order chi connectivity index (χ1) is 13.5. The molecule has 0 spiro atoms. The van der Waals surface area contributed by atoms with Crippen LogP contribution in [0.1, 0.15) is 18.9 Å². The molecule has 1 heterocycles. The molecule has 0 aliphatic rings. The molecule has 0 aliphatic heterocycles. The van der Waals surface area contributed by atoms with Gasteiger partial charge in [-0.15, -0.1) is 0 Å².